The van der Waals surface area contributed by atoms with Gasteiger partial charge in [0, 0.05) is 38.4 Å². The Bertz CT molecular complexity index is 2020. The molecule has 13 heteroatoms. The van der Waals surface area contributed by atoms with Gasteiger partial charge in [0.25, 0.3) is 0 Å². The number of benzene rings is 4. The standard InChI is InChI=1S/C43H48Cl2N6O5/c1-28-20-39(44)41(40(45)21-28)55-19-18-54-35-13-9-32(10-14-35)37-15-16-46-25-38(37)43(52)51(34-11-12-34)26-31-22-30(4-3-17-53-2)23-36(24-31)56-27-29-5-7-33(8-6-29)42-47-49-50-48-42/h5-10,13-14,20-24,34,37-38,46H,3-4,11-12,15-19,25-27H2,1-2H3,(H,47,48,49,50)/t37-,38+/m1/s1. The molecule has 1 saturated carbocycles. The van der Waals surface area contributed by atoms with Gasteiger partial charge >= 0.3 is 0 Å². The van der Waals surface area contributed by atoms with Crippen LogP contribution in [-0.2, 0) is 29.1 Å². The van der Waals surface area contributed by atoms with Crippen LogP contribution in [0, 0.1) is 12.8 Å². The third-order valence-corrected chi connectivity index (χ3v) is 10.9. The minimum absolute atomic E-state index is 0.0965. The zero-order chi connectivity index (χ0) is 38.9. The Labute approximate surface area is 338 Å². The van der Waals surface area contributed by atoms with Crippen LogP contribution < -0.4 is 19.5 Å². The molecule has 0 unspecified atom stereocenters. The lowest BCUT2D eigenvalue weighted by Crippen LogP contribution is -2.47. The zero-order valence-electron chi connectivity index (χ0n) is 31.8. The molecule has 4 aromatic carbocycles. The van der Waals surface area contributed by atoms with Crippen LogP contribution in [0.5, 0.6) is 17.2 Å². The predicted octanol–water partition coefficient (Wildman–Crippen LogP) is 7.98. The molecule has 0 radical (unpaired) electrons. The Morgan fingerprint density at radius 3 is 2.30 bits per heavy atom. The molecule has 0 bridgehead atoms. The summed E-state index contributed by atoms with van der Waals surface area (Å²) in [7, 11) is 1.72. The second kappa shape index (κ2) is 19.0. The maximum atomic E-state index is 14.6. The number of nitrogens with zero attached hydrogens (tertiary/aromatic N) is 4. The summed E-state index contributed by atoms with van der Waals surface area (Å²) >= 11 is 12.6. The van der Waals surface area contributed by atoms with E-state index in [2.05, 4.69) is 61.2 Å². The van der Waals surface area contributed by atoms with Gasteiger partial charge in [-0.3, -0.25) is 4.79 Å². The quantitative estimate of drug-likeness (QED) is 0.0850. The van der Waals surface area contributed by atoms with Crippen molar-refractivity contribution in [1.29, 1.82) is 0 Å². The Morgan fingerprint density at radius 2 is 1.59 bits per heavy atom. The molecule has 1 aromatic heterocycles. The number of carbonyl (C=O) groups excluding carboxylic acids is 1. The summed E-state index contributed by atoms with van der Waals surface area (Å²) in [4.78, 5) is 16.7. The first kappa shape index (κ1) is 39.6. The van der Waals surface area contributed by atoms with Crippen LogP contribution in [0.15, 0.2) is 78.9 Å². The lowest BCUT2D eigenvalue weighted by Gasteiger charge is -2.36. The molecule has 5 aromatic rings. The number of aryl methyl sites for hydroxylation is 2. The normalized spacial score (nSPS) is 16.7. The molecule has 1 saturated heterocycles. The third-order valence-electron chi connectivity index (χ3n) is 10.3. The largest absolute Gasteiger partial charge is 0.490 e. The minimum atomic E-state index is -0.176. The molecule has 2 atom stereocenters. The van der Waals surface area contributed by atoms with Gasteiger partial charge in [-0.15, -0.1) is 5.10 Å². The summed E-state index contributed by atoms with van der Waals surface area (Å²) in [5.74, 6) is 2.72. The summed E-state index contributed by atoms with van der Waals surface area (Å²) in [5.41, 5.74) is 6.28. The van der Waals surface area contributed by atoms with Gasteiger partial charge in [0.05, 0.1) is 16.0 Å². The number of carbonyl (C=O) groups is 1. The van der Waals surface area contributed by atoms with Gasteiger partial charge in [0.1, 0.15) is 31.3 Å². The highest BCUT2D eigenvalue weighted by Gasteiger charge is 2.40. The van der Waals surface area contributed by atoms with Crippen molar-refractivity contribution in [3.63, 3.8) is 0 Å². The predicted molar refractivity (Wildman–Crippen MR) is 217 cm³/mol. The van der Waals surface area contributed by atoms with Crippen LogP contribution in [0.3, 0.4) is 0 Å². The number of halogens is 2. The van der Waals surface area contributed by atoms with E-state index in [0.29, 0.717) is 61.1 Å². The van der Waals surface area contributed by atoms with E-state index in [0.717, 1.165) is 78.0 Å². The highest BCUT2D eigenvalue weighted by Crippen LogP contribution is 2.38. The third kappa shape index (κ3) is 10.4. The molecule has 294 valence electrons. The zero-order valence-corrected chi connectivity index (χ0v) is 33.3. The lowest BCUT2D eigenvalue weighted by atomic mass is 9.80. The van der Waals surface area contributed by atoms with E-state index >= 15 is 0 Å². The van der Waals surface area contributed by atoms with Crippen molar-refractivity contribution in [2.45, 2.75) is 64.1 Å². The molecule has 0 spiro atoms. The summed E-state index contributed by atoms with van der Waals surface area (Å²) in [6.07, 6.45) is 4.67. The fourth-order valence-corrected chi connectivity index (χ4v) is 8.02. The van der Waals surface area contributed by atoms with E-state index in [4.69, 9.17) is 42.1 Å². The number of methoxy groups -OCH3 is 1. The van der Waals surface area contributed by atoms with Crippen LogP contribution in [-0.4, -0.2) is 77.5 Å². The molecule has 1 aliphatic heterocycles. The fraction of sp³-hybridized carbons (Fsp3) is 0.395. The molecule has 56 heavy (non-hydrogen) atoms. The number of aromatic amines is 1. The fourth-order valence-electron chi connectivity index (χ4n) is 7.31. The van der Waals surface area contributed by atoms with Crippen LogP contribution >= 0.6 is 23.2 Å². The van der Waals surface area contributed by atoms with E-state index in [1.807, 2.05) is 55.5 Å². The van der Waals surface area contributed by atoms with Crippen LogP contribution in [0.4, 0.5) is 0 Å². The Hall–Kier alpha value is -4.68. The second-order valence-electron chi connectivity index (χ2n) is 14.5. The molecular formula is C43H48Cl2N6O5. The molecule has 2 N–H and O–H groups in total. The Balaban J connectivity index is 1.00. The molecule has 2 heterocycles. The first-order valence-corrected chi connectivity index (χ1v) is 20.0. The van der Waals surface area contributed by atoms with Gasteiger partial charge in [-0.05, 0) is 126 Å². The summed E-state index contributed by atoms with van der Waals surface area (Å²) in [6, 6.07) is 26.4. The van der Waals surface area contributed by atoms with Crippen molar-refractivity contribution in [2.75, 3.05) is 40.0 Å². The number of piperidine rings is 1. The summed E-state index contributed by atoms with van der Waals surface area (Å²) in [5, 5.41) is 18.6. The van der Waals surface area contributed by atoms with E-state index in [-0.39, 0.29) is 23.8 Å². The minimum Gasteiger partial charge on any atom is -0.490 e. The maximum absolute atomic E-state index is 14.6. The number of hydrogen-bond donors (Lipinski definition) is 2. The van der Waals surface area contributed by atoms with Crippen molar-refractivity contribution >= 4 is 29.1 Å². The first-order valence-electron chi connectivity index (χ1n) is 19.2. The van der Waals surface area contributed by atoms with E-state index in [9.17, 15) is 4.79 Å². The number of rotatable bonds is 18. The number of ether oxygens (including phenoxy) is 4. The first-order chi connectivity index (χ1) is 27.3. The lowest BCUT2D eigenvalue weighted by molar-refractivity contribution is -0.138. The van der Waals surface area contributed by atoms with Crippen LogP contribution in [0.1, 0.15) is 59.4 Å². The van der Waals surface area contributed by atoms with Gasteiger partial charge in [0.2, 0.25) is 5.91 Å². The summed E-state index contributed by atoms with van der Waals surface area (Å²) < 4.78 is 23.5. The number of hydrogen-bond acceptors (Lipinski definition) is 9. The van der Waals surface area contributed by atoms with E-state index < -0.39 is 0 Å². The average Bonchev–Trinajstić information content (AvgIpc) is 3.90. The van der Waals surface area contributed by atoms with Crippen LogP contribution in [0.2, 0.25) is 10.0 Å². The average molecular weight is 800 g/mol. The highest BCUT2D eigenvalue weighted by atomic mass is 35.5. The van der Waals surface area contributed by atoms with Gasteiger partial charge in [0.15, 0.2) is 11.6 Å². The molecule has 1 aliphatic carbocycles. The number of tetrazole rings is 1. The van der Waals surface area contributed by atoms with Crippen molar-refractivity contribution < 1.29 is 23.7 Å². The molecule has 2 fully saturated rings. The molecule has 1 amide bonds. The monoisotopic (exact) mass is 798 g/mol. The maximum Gasteiger partial charge on any atom is 0.228 e. The van der Waals surface area contributed by atoms with Crippen molar-refractivity contribution in [1.82, 2.24) is 30.8 Å². The Kier molecular flexibility index (Phi) is 13.4. The van der Waals surface area contributed by atoms with Gasteiger partial charge in [-0.25, -0.2) is 5.10 Å². The van der Waals surface area contributed by atoms with Gasteiger partial charge < -0.3 is 29.2 Å². The number of amides is 1. The van der Waals surface area contributed by atoms with Crippen molar-refractivity contribution in [2.24, 2.45) is 5.92 Å². The SMILES string of the molecule is COCCCc1cc(CN(C(=O)[C@H]2CNCC[C@@H]2c2ccc(OCCOc3c(Cl)cc(C)cc3Cl)cc2)C2CC2)cc(OCc2ccc(-c3nnn[nH]3)cc2)c1. The summed E-state index contributed by atoms with van der Waals surface area (Å²) in [6.45, 7) is 5.69. The van der Waals surface area contributed by atoms with E-state index in [1.54, 1.807) is 7.11 Å². The highest BCUT2D eigenvalue weighted by molar-refractivity contribution is 6.37. The number of aromatic nitrogens is 4. The topological polar surface area (TPSA) is 124 Å². The smallest absolute Gasteiger partial charge is 0.228 e. The Morgan fingerprint density at radius 1 is 0.839 bits per heavy atom. The van der Waals surface area contributed by atoms with E-state index in [1.165, 1.54) is 5.56 Å². The molecule has 7 rings (SSSR count). The number of nitrogens with one attached hydrogen (secondary N) is 2. The van der Waals surface area contributed by atoms with Crippen molar-refractivity contribution in [3.05, 3.63) is 117 Å². The molecular weight excluding hydrogens is 751 g/mol. The van der Waals surface area contributed by atoms with Crippen molar-refractivity contribution in [3.8, 4) is 28.6 Å². The van der Waals surface area contributed by atoms with Crippen LogP contribution in [0.25, 0.3) is 11.4 Å². The van der Waals surface area contributed by atoms with Gasteiger partial charge in [-0.1, -0.05) is 65.7 Å². The molecule has 11 nitrogen and oxygen atoms in total. The number of H-pyrrole nitrogens is 1. The van der Waals surface area contributed by atoms with Gasteiger partial charge in [-0.2, -0.15) is 0 Å². The molecule has 2 aliphatic rings. The second-order valence-corrected chi connectivity index (χ2v) is 15.4.